The quantitative estimate of drug-likeness (QED) is 0.130. The summed E-state index contributed by atoms with van der Waals surface area (Å²) in [6.07, 6.45) is -0.732. The van der Waals surface area contributed by atoms with E-state index >= 15 is 0 Å². The van der Waals surface area contributed by atoms with Gasteiger partial charge in [-0.3, -0.25) is 18.7 Å². The Kier molecular flexibility index (Phi) is 7.02. The first kappa shape index (κ1) is 25.6. The number of carbonyl (C=O) groups excluding carboxylic acids is 1. The van der Waals surface area contributed by atoms with E-state index in [2.05, 4.69) is 5.32 Å². The summed E-state index contributed by atoms with van der Waals surface area (Å²) >= 11 is 0. The summed E-state index contributed by atoms with van der Waals surface area (Å²) < 4.78 is 72.7. The van der Waals surface area contributed by atoms with Gasteiger partial charge in [0.15, 0.2) is 10.5 Å². The van der Waals surface area contributed by atoms with Crippen molar-refractivity contribution in [1.29, 1.82) is 0 Å². The monoisotopic (exact) mass is 518 g/mol. The zero-order valence-electron chi connectivity index (χ0n) is 17.6. The molecule has 2 unspecified atom stereocenters. The highest BCUT2D eigenvalue weighted by atomic mass is 32.2. The number of anilines is 1. The van der Waals surface area contributed by atoms with Crippen molar-refractivity contribution in [1.82, 2.24) is 5.32 Å². The van der Waals surface area contributed by atoms with E-state index in [1.54, 1.807) is 0 Å². The number of hydrogen-bond acceptors (Lipinski definition) is 9. The molecule has 2 aromatic rings. The topological polar surface area (TPSA) is 231 Å². The van der Waals surface area contributed by atoms with Crippen LogP contribution >= 0.6 is 0 Å². The number of fused-ring (bicyclic) bond motifs is 3. The van der Waals surface area contributed by atoms with Gasteiger partial charge in [-0.25, -0.2) is 4.79 Å². The molecule has 0 radical (unpaired) electrons. The maximum absolute atomic E-state index is 12.6. The fourth-order valence-corrected chi connectivity index (χ4v) is 6.04. The van der Waals surface area contributed by atoms with Crippen LogP contribution in [0.5, 0.6) is 0 Å². The van der Waals surface area contributed by atoms with Crippen molar-refractivity contribution < 1.29 is 45.1 Å². The van der Waals surface area contributed by atoms with Crippen LogP contribution in [0.1, 0.15) is 42.7 Å². The molecule has 0 saturated carbocycles. The van der Waals surface area contributed by atoms with Crippen LogP contribution in [-0.4, -0.2) is 54.7 Å². The highest BCUT2D eigenvalue weighted by molar-refractivity contribution is 7.86. The fraction of sp³-hybridized carbons (Fsp3) is 0.421. The van der Waals surface area contributed by atoms with Gasteiger partial charge >= 0.3 is 11.6 Å². The van der Waals surface area contributed by atoms with Crippen LogP contribution in [0, 0.1) is 0 Å². The third-order valence-corrected chi connectivity index (χ3v) is 7.84. The number of aliphatic carboxylic acids is 1. The molecule has 15 heteroatoms. The van der Waals surface area contributed by atoms with Gasteiger partial charge in [0.2, 0.25) is 5.91 Å². The molecule has 0 bridgehead atoms. The second-order valence-electron chi connectivity index (χ2n) is 7.87. The van der Waals surface area contributed by atoms with E-state index < -0.39 is 71.5 Å². The summed E-state index contributed by atoms with van der Waals surface area (Å²) in [5.41, 5.74) is 3.85. The summed E-state index contributed by atoms with van der Waals surface area (Å²) in [7, 11) is -9.77. The number of nitrogens with two attached hydrogens (primary N) is 1. The molecule has 186 valence electrons. The predicted molar refractivity (Wildman–Crippen MR) is 118 cm³/mol. The number of nitrogen functional groups attached to an aromatic ring is 1. The maximum Gasteiger partial charge on any atom is 0.339 e. The average Bonchev–Trinajstić information content (AvgIpc) is 3.12. The highest BCUT2D eigenvalue weighted by Crippen LogP contribution is 2.43. The SMILES string of the molecule is Nc1ccc2c3c(c(=O)oc2c1S(=O)(=O)O)CCC3C(CC(=O)NCCCC(=O)O)S(=O)(=O)O. The molecule has 13 nitrogen and oxygen atoms in total. The van der Waals surface area contributed by atoms with E-state index in [4.69, 9.17) is 15.3 Å². The van der Waals surface area contributed by atoms with E-state index in [0.717, 1.165) is 6.07 Å². The Labute approximate surface area is 193 Å². The normalized spacial score (nSPS) is 16.8. The van der Waals surface area contributed by atoms with Crippen molar-refractivity contribution in [2.24, 2.45) is 0 Å². The maximum atomic E-state index is 12.6. The summed E-state index contributed by atoms with van der Waals surface area (Å²) in [4.78, 5) is 34.6. The first-order chi connectivity index (χ1) is 15.7. The molecule has 0 aliphatic heterocycles. The minimum Gasteiger partial charge on any atom is -0.481 e. The lowest BCUT2D eigenvalue weighted by Crippen LogP contribution is -2.35. The van der Waals surface area contributed by atoms with Crippen molar-refractivity contribution >= 4 is 48.8 Å². The van der Waals surface area contributed by atoms with Gasteiger partial charge in [0.25, 0.3) is 20.2 Å². The zero-order chi connectivity index (χ0) is 25.4. The number of carboxylic acid groups (broad SMARTS) is 1. The van der Waals surface area contributed by atoms with Gasteiger partial charge in [-0.1, -0.05) is 0 Å². The predicted octanol–water partition coefficient (Wildman–Crippen LogP) is 0.279. The lowest BCUT2D eigenvalue weighted by atomic mass is 9.92. The van der Waals surface area contributed by atoms with E-state index in [1.807, 2.05) is 0 Å². The molecule has 6 N–H and O–H groups in total. The van der Waals surface area contributed by atoms with E-state index in [0.29, 0.717) is 0 Å². The molecule has 1 aliphatic carbocycles. The van der Waals surface area contributed by atoms with Gasteiger partial charge in [0, 0.05) is 36.3 Å². The summed E-state index contributed by atoms with van der Waals surface area (Å²) in [5, 5.41) is 9.33. The molecule has 34 heavy (non-hydrogen) atoms. The standard InChI is InChI=1S/C19H22N2O11S2/c20-12-6-5-10-16-9(3-4-11(16)19(25)32-17(10)18(12)34(29,30)31)13(33(26,27)28)8-14(22)21-7-1-2-15(23)24/h5-6,9,13H,1-4,7-8,20H2,(H,21,22)(H,23,24)(H,26,27,28)(H,29,30,31). The van der Waals surface area contributed by atoms with E-state index in [1.165, 1.54) is 6.07 Å². The minimum absolute atomic E-state index is 0.00515. The van der Waals surface area contributed by atoms with Gasteiger partial charge in [0.05, 0.1) is 5.69 Å². The summed E-state index contributed by atoms with van der Waals surface area (Å²) in [6.45, 7) is -0.0336. The van der Waals surface area contributed by atoms with Gasteiger partial charge in [0.1, 0.15) is 5.25 Å². The molecule has 0 saturated heterocycles. The highest BCUT2D eigenvalue weighted by Gasteiger charge is 2.41. The molecule has 1 amide bonds. The lowest BCUT2D eigenvalue weighted by molar-refractivity contribution is -0.137. The fourth-order valence-electron chi connectivity index (χ4n) is 4.24. The van der Waals surface area contributed by atoms with Crippen molar-refractivity contribution in [2.45, 2.75) is 48.2 Å². The Morgan fingerprint density at radius 2 is 1.88 bits per heavy atom. The van der Waals surface area contributed by atoms with Gasteiger partial charge < -0.3 is 20.6 Å². The molecule has 0 fully saturated rings. The first-order valence-corrected chi connectivity index (χ1v) is 13.0. The van der Waals surface area contributed by atoms with Crippen LogP contribution in [0.3, 0.4) is 0 Å². The van der Waals surface area contributed by atoms with Crippen molar-refractivity contribution in [3.05, 3.63) is 33.7 Å². The Hall–Kier alpha value is -3.01. The molecule has 0 spiro atoms. The van der Waals surface area contributed by atoms with E-state index in [-0.39, 0.29) is 48.7 Å². The van der Waals surface area contributed by atoms with Crippen molar-refractivity contribution in [2.75, 3.05) is 12.3 Å². The molecule has 1 aromatic heterocycles. The number of carbonyl (C=O) groups is 2. The molecule has 1 aromatic carbocycles. The van der Waals surface area contributed by atoms with Gasteiger partial charge in [-0.15, -0.1) is 0 Å². The number of nitrogens with one attached hydrogen (secondary N) is 1. The van der Waals surface area contributed by atoms with Crippen LogP contribution < -0.4 is 16.7 Å². The van der Waals surface area contributed by atoms with Gasteiger partial charge in [-0.05, 0) is 37.0 Å². The number of benzene rings is 1. The lowest BCUT2D eigenvalue weighted by Gasteiger charge is -2.22. The number of carboxylic acids is 1. The second-order valence-corrected chi connectivity index (χ2v) is 10.9. The van der Waals surface area contributed by atoms with Crippen molar-refractivity contribution in [3.8, 4) is 0 Å². The largest absolute Gasteiger partial charge is 0.481 e. The molecular weight excluding hydrogens is 496 g/mol. The van der Waals surface area contributed by atoms with Crippen LogP contribution in [-0.2, 0) is 36.2 Å². The summed E-state index contributed by atoms with van der Waals surface area (Å²) in [5.74, 6) is -2.92. The van der Waals surface area contributed by atoms with Crippen LogP contribution in [0.4, 0.5) is 5.69 Å². The Balaban J connectivity index is 2.06. The second kappa shape index (κ2) is 9.32. The molecule has 1 heterocycles. The minimum atomic E-state index is -4.93. The molecule has 3 rings (SSSR count). The van der Waals surface area contributed by atoms with Crippen molar-refractivity contribution in [3.63, 3.8) is 0 Å². The number of rotatable bonds is 9. The number of amides is 1. The number of hydrogen-bond donors (Lipinski definition) is 5. The van der Waals surface area contributed by atoms with Crippen LogP contribution in [0.15, 0.2) is 26.2 Å². The Morgan fingerprint density at radius 1 is 1.21 bits per heavy atom. The smallest absolute Gasteiger partial charge is 0.339 e. The Bertz CT molecular complexity index is 1430. The van der Waals surface area contributed by atoms with Gasteiger partial charge in [-0.2, -0.15) is 16.8 Å². The van der Waals surface area contributed by atoms with E-state index in [9.17, 15) is 40.3 Å². The molecule has 1 aliphatic rings. The summed E-state index contributed by atoms with van der Waals surface area (Å²) in [6, 6.07) is 2.44. The third-order valence-electron chi connectivity index (χ3n) is 5.64. The molecular formula is C19H22N2O11S2. The van der Waals surface area contributed by atoms with Crippen LogP contribution in [0.25, 0.3) is 11.0 Å². The average molecular weight is 519 g/mol. The Morgan fingerprint density at radius 3 is 2.47 bits per heavy atom. The molecule has 2 atom stereocenters. The van der Waals surface area contributed by atoms with Crippen LogP contribution in [0.2, 0.25) is 0 Å². The first-order valence-electron chi connectivity index (χ1n) is 10.0. The third kappa shape index (κ3) is 5.22. The zero-order valence-corrected chi connectivity index (χ0v) is 19.2.